The number of halogens is 2. The van der Waals surface area contributed by atoms with Crippen molar-refractivity contribution >= 4 is 27.7 Å². The standard InChI is InChI=1S/C26H27BrFN3O3/c27-21-8-4-5-19(13-21)16-31(26(33)20-6-2-1-3-7-20)17-23-14-24(30-34-23)25(32)29-15-18-9-11-22(28)12-10-18/h4-5,8-14,20H,1-3,6-7,15-17H2,(H,29,32). The van der Waals surface area contributed by atoms with Crippen molar-refractivity contribution in [3.05, 3.63) is 87.5 Å². The minimum Gasteiger partial charge on any atom is -0.359 e. The molecule has 0 saturated heterocycles. The van der Waals surface area contributed by atoms with Crippen molar-refractivity contribution < 1.29 is 18.5 Å². The Bertz CT molecular complexity index is 1130. The number of rotatable bonds is 8. The van der Waals surface area contributed by atoms with Gasteiger partial charge in [-0.05, 0) is 48.2 Å². The summed E-state index contributed by atoms with van der Waals surface area (Å²) < 4.78 is 19.4. The average molecular weight is 528 g/mol. The molecule has 0 atom stereocenters. The van der Waals surface area contributed by atoms with E-state index in [1.807, 2.05) is 24.3 Å². The van der Waals surface area contributed by atoms with Crippen LogP contribution >= 0.6 is 15.9 Å². The van der Waals surface area contributed by atoms with Crippen molar-refractivity contribution in [3.8, 4) is 0 Å². The van der Waals surface area contributed by atoms with E-state index in [1.54, 1.807) is 23.1 Å². The second-order valence-electron chi connectivity index (χ2n) is 8.65. The summed E-state index contributed by atoms with van der Waals surface area (Å²) in [6, 6.07) is 15.4. The largest absolute Gasteiger partial charge is 0.359 e. The third-order valence-electron chi connectivity index (χ3n) is 6.03. The average Bonchev–Trinajstić information content (AvgIpc) is 3.32. The van der Waals surface area contributed by atoms with Crippen LogP contribution in [0.4, 0.5) is 4.39 Å². The van der Waals surface area contributed by atoms with Crippen molar-refractivity contribution in [2.24, 2.45) is 5.92 Å². The molecule has 1 saturated carbocycles. The second-order valence-corrected chi connectivity index (χ2v) is 9.56. The van der Waals surface area contributed by atoms with Crippen molar-refractivity contribution in [2.75, 3.05) is 0 Å². The minimum absolute atomic E-state index is 0.0160. The van der Waals surface area contributed by atoms with E-state index in [0.717, 1.165) is 41.3 Å². The van der Waals surface area contributed by atoms with Gasteiger partial charge in [-0.3, -0.25) is 9.59 Å². The fourth-order valence-electron chi connectivity index (χ4n) is 4.23. The SMILES string of the molecule is O=C(NCc1ccc(F)cc1)c1cc(CN(Cc2cccc(Br)c2)C(=O)C2CCCCC2)on1. The van der Waals surface area contributed by atoms with Gasteiger partial charge in [0.25, 0.3) is 5.91 Å². The molecule has 2 amide bonds. The highest BCUT2D eigenvalue weighted by molar-refractivity contribution is 9.10. The highest BCUT2D eigenvalue weighted by Crippen LogP contribution is 2.27. The van der Waals surface area contributed by atoms with E-state index in [2.05, 4.69) is 26.4 Å². The molecule has 34 heavy (non-hydrogen) atoms. The van der Waals surface area contributed by atoms with E-state index >= 15 is 0 Å². The summed E-state index contributed by atoms with van der Waals surface area (Å²) >= 11 is 3.49. The highest BCUT2D eigenvalue weighted by Gasteiger charge is 2.27. The summed E-state index contributed by atoms with van der Waals surface area (Å²) in [5.41, 5.74) is 1.93. The Hall–Kier alpha value is -3.00. The van der Waals surface area contributed by atoms with Crippen LogP contribution in [0.2, 0.25) is 0 Å². The van der Waals surface area contributed by atoms with Gasteiger partial charge in [0.2, 0.25) is 5.91 Å². The fourth-order valence-corrected chi connectivity index (χ4v) is 4.68. The van der Waals surface area contributed by atoms with E-state index in [0.29, 0.717) is 12.3 Å². The van der Waals surface area contributed by atoms with Gasteiger partial charge in [0, 0.05) is 29.5 Å². The van der Waals surface area contributed by atoms with Crippen LogP contribution in [0.1, 0.15) is 59.5 Å². The quantitative estimate of drug-likeness (QED) is 0.412. The molecule has 0 aliphatic heterocycles. The van der Waals surface area contributed by atoms with Crippen molar-refractivity contribution in [1.82, 2.24) is 15.4 Å². The number of hydrogen-bond donors (Lipinski definition) is 1. The molecular weight excluding hydrogens is 501 g/mol. The zero-order valence-corrected chi connectivity index (χ0v) is 20.4. The summed E-state index contributed by atoms with van der Waals surface area (Å²) in [6.45, 7) is 0.929. The number of nitrogens with zero attached hydrogens (tertiary/aromatic N) is 2. The molecule has 0 bridgehead atoms. The molecule has 1 aliphatic rings. The first-order chi connectivity index (χ1) is 16.5. The van der Waals surface area contributed by atoms with Gasteiger partial charge in [-0.25, -0.2) is 4.39 Å². The summed E-state index contributed by atoms with van der Waals surface area (Å²) in [5.74, 6) is -0.144. The lowest BCUT2D eigenvalue weighted by Crippen LogP contribution is -2.36. The molecule has 1 aliphatic carbocycles. The topological polar surface area (TPSA) is 75.4 Å². The van der Waals surface area contributed by atoms with Gasteiger partial charge in [-0.2, -0.15) is 0 Å². The zero-order valence-electron chi connectivity index (χ0n) is 18.8. The Labute approximate surface area is 206 Å². The van der Waals surface area contributed by atoms with E-state index in [9.17, 15) is 14.0 Å². The van der Waals surface area contributed by atoms with Gasteiger partial charge in [-0.15, -0.1) is 0 Å². The van der Waals surface area contributed by atoms with E-state index in [4.69, 9.17) is 4.52 Å². The normalized spacial score (nSPS) is 14.1. The molecule has 4 rings (SSSR count). The summed E-state index contributed by atoms with van der Waals surface area (Å²) in [5, 5.41) is 6.65. The van der Waals surface area contributed by atoms with Crippen LogP contribution in [-0.4, -0.2) is 21.9 Å². The molecule has 0 spiro atoms. The van der Waals surface area contributed by atoms with Crippen LogP contribution in [0.5, 0.6) is 0 Å². The molecule has 1 N–H and O–H groups in total. The maximum Gasteiger partial charge on any atom is 0.273 e. The first-order valence-electron chi connectivity index (χ1n) is 11.5. The number of nitrogens with one attached hydrogen (secondary N) is 1. The number of aromatic nitrogens is 1. The van der Waals surface area contributed by atoms with Gasteiger partial charge in [0.1, 0.15) is 5.82 Å². The molecule has 1 fully saturated rings. The van der Waals surface area contributed by atoms with Gasteiger partial charge < -0.3 is 14.7 Å². The molecule has 0 radical (unpaired) electrons. The van der Waals surface area contributed by atoms with Crippen molar-refractivity contribution in [3.63, 3.8) is 0 Å². The first-order valence-corrected chi connectivity index (χ1v) is 12.3. The van der Waals surface area contributed by atoms with E-state index in [1.165, 1.54) is 18.6 Å². The predicted molar refractivity (Wildman–Crippen MR) is 129 cm³/mol. The lowest BCUT2D eigenvalue weighted by Gasteiger charge is -2.29. The fraction of sp³-hybridized carbons (Fsp3) is 0.346. The van der Waals surface area contributed by atoms with Gasteiger partial charge in [0.15, 0.2) is 11.5 Å². The van der Waals surface area contributed by atoms with Crippen molar-refractivity contribution in [2.45, 2.75) is 51.7 Å². The zero-order chi connectivity index (χ0) is 23.9. The predicted octanol–water partition coefficient (Wildman–Crippen LogP) is 5.62. The van der Waals surface area contributed by atoms with Gasteiger partial charge in [0.05, 0.1) is 6.54 Å². The Morgan fingerprint density at radius 2 is 1.79 bits per heavy atom. The van der Waals surface area contributed by atoms with Crippen LogP contribution in [0.25, 0.3) is 0 Å². The monoisotopic (exact) mass is 527 g/mol. The molecule has 1 heterocycles. The lowest BCUT2D eigenvalue weighted by atomic mass is 9.88. The number of benzene rings is 2. The smallest absolute Gasteiger partial charge is 0.273 e. The second kappa shape index (κ2) is 11.4. The van der Waals surface area contributed by atoms with Crippen LogP contribution < -0.4 is 5.32 Å². The van der Waals surface area contributed by atoms with E-state index in [-0.39, 0.29) is 36.4 Å². The van der Waals surface area contributed by atoms with Gasteiger partial charge in [-0.1, -0.05) is 64.6 Å². The maximum absolute atomic E-state index is 13.4. The Morgan fingerprint density at radius 1 is 1.03 bits per heavy atom. The summed E-state index contributed by atoms with van der Waals surface area (Å²) in [7, 11) is 0. The van der Waals surface area contributed by atoms with Crippen LogP contribution in [-0.2, 0) is 24.4 Å². The van der Waals surface area contributed by atoms with Crippen LogP contribution in [0.15, 0.2) is 63.6 Å². The summed E-state index contributed by atoms with van der Waals surface area (Å²) in [6.07, 6.45) is 5.13. The molecule has 3 aromatic rings. The number of carbonyl (C=O) groups excluding carboxylic acids is 2. The number of hydrogen-bond acceptors (Lipinski definition) is 4. The first kappa shape index (κ1) is 24.1. The van der Waals surface area contributed by atoms with Crippen LogP contribution in [0.3, 0.4) is 0 Å². The molecule has 8 heteroatoms. The Balaban J connectivity index is 1.43. The van der Waals surface area contributed by atoms with Crippen molar-refractivity contribution in [1.29, 1.82) is 0 Å². The highest BCUT2D eigenvalue weighted by atomic mass is 79.9. The van der Waals surface area contributed by atoms with Crippen LogP contribution in [0, 0.1) is 11.7 Å². The molecule has 0 unspecified atom stereocenters. The minimum atomic E-state index is -0.392. The molecule has 178 valence electrons. The number of amides is 2. The number of carbonyl (C=O) groups is 2. The Kier molecular flexibility index (Phi) is 8.11. The Morgan fingerprint density at radius 3 is 2.53 bits per heavy atom. The molecule has 6 nitrogen and oxygen atoms in total. The lowest BCUT2D eigenvalue weighted by molar-refractivity contribution is -0.138. The van der Waals surface area contributed by atoms with Gasteiger partial charge >= 0.3 is 0 Å². The molecule has 1 aromatic heterocycles. The molecular formula is C26H27BrFN3O3. The summed E-state index contributed by atoms with van der Waals surface area (Å²) in [4.78, 5) is 27.7. The van der Waals surface area contributed by atoms with E-state index < -0.39 is 5.91 Å². The molecule has 2 aromatic carbocycles. The maximum atomic E-state index is 13.4. The third kappa shape index (κ3) is 6.53. The third-order valence-corrected chi connectivity index (χ3v) is 6.53.